The summed E-state index contributed by atoms with van der Waals surface area (Å²) in [5.74, 6) is 0.449. The van der Waals surface area contributed by atoms with Crippen molar-refractivity contribution in [3.05, 3.63) is 70.2 Å². The average Bonchev–Trinajstić information content (AvgIpc) is 2.69. The lowest BCUT2D eigenvalue weighted by atomic mass is 10.0. The van der Waals surface area contributed by atoms with Crippen molar-refractivity contribution in [3.8, 4) is 0 Å². The van der Waals surface area contributed by atoms with Gasteiger partial charge >= 0.3 is 5.97 Å². The zero-order valence-electron chi connectivity index (χ0n) is 16.4. The summed E-state index contributed by atoms with van der Waals surface area (Å²) < 4.78 is 5.46. The van der Waals surface area contributed by atoms with Crippen LogP contribution >= 0.6 is 23.4 Å². The Morgan fingerprint density at radius 1 is 1.07 bits per heavy atom. The molecule has 2 rings (SSSR count). The molecule has 0 fully saturated rings. The van der Waals surface area contributed by atoms with Crippen molar-refractivity contribution < 1.29 is 14.3 Å². The molecule has 2 aromatic carbocycles. The molecule has 0 radical (unpaired) electrons. The largest absolute Gasteiger partial charge is 0.459 e. The van der Waals surface area contributed by atoms with Crippen LogP contribution in [0.4, 0.5) is 0 Å². The number of benzene rings is 2. The summed E-state index contributed by atoms with van der Waals surface area (Å²) in [6.07, 6.45) is 2.46. The molecule has 28 heavy (non-hydrogen) atoms. The smallest absolute Gasteiger partial charge is 0.329 e. The first-order valence-corrected chi connectivity index (χ1v) is 11.0. The standard InChI is InChI=1S/C22H26ClNO3S/c1-15(2)17-6-4-16(5-7-17)14-27-22(26)20(12-13-28-3)24-21(25)18-8-10-19(23)11-9-18/h4-11,15,20H,12-14H2,1-3H3,(H,24,25)/t20-/m0/s1. The minimum atomic E-state index is -0.689. The Bertz CT molecular complexity index is 775. The van der Waals surface area contributed by atoms with E-state index >= 15 is 0 Å². The zero-order valence-corrected chi connectivity index (χ0v) is 18.0. The average molecular weight is 420 g/mol. The number of rotatable bonds is 9. The number of thioether (sulfide) groups is 1. The van der Waals surface area contributed by atoms with Crippen molar-refractivity contribution in [2.24, 2.45) is 0 Å². The monoisotopic (exact) mass is 419 g/mol. The van der Waals surface area contributed by atoms with E-state index in [-0.39, 0.29) is 12.5 Å². The van der Waals surface area contributed by atoms with Crippen LogP contribution in [0.1, 0.15) is 47.7 Å². The molecule has 1 N–H and O–H groups in total. The van der Waals surface area contributed by atoms with Gasteiger partial charge in [-0.3, -0.25) is 4.79 Å². The van der Waals surface area contributed by atoms with E-state index in [9.17, 15) is 9.59 Å². The number of hydrogen-bond acceptors (Lipinski definition) is 4. The number of carbonyl (C=O) groups is 2. The molecule has 1 amide bonds. The molecule has 0 aromatic heterocycles. The molecule has 0 heterocycles. The topological polar surface area (TPSA) is 55.4 Å². The summed E-state index contributed by atoms with van der Waals surface area (Å²) in [7, 11) is 0. The van der Waals surface area contributed by atoms with Gasteiger partial charge in [-0.15, -0.1) is 0 Å². The number of halogens is 1. The predicted octanol–water partition coefficient (Wildman–Crippen LogP) is 5.06. The van der Waals surface area contributed by atoms with Gasteiger partial charge in [0.05, 0.1) is 0 Å². The van der Waals surface area contributed by atoms with Gasteiger partial charge in [0.1, 0.15) is 12.6 Å². The van der Waals surface area contributed by atoms with Crippen LogP contribution in [-0.4, -0.2) is 29.9 Å². The molecule has 0 aliphatic heterocycles. The third kappa shape index (κ3) is 6.88. The van der Waals surface area contributed by atoms with E-state index in [0.717, 1.165) is 11.3 Å². The molecular formula is C22H26ClNO3S. The van der Waals surface area contributed by atoms with Crippen molar-refractivity contribution in [2.45, 2.75) is 38.8 Å². The minimum Gasteiger partial charge on any atom is -0.459 e. The second-order valence-corrected chi connectivity index (χ2v) is 8.24. The number of amides is 1. The van der Waals surface area contributed by atoms with Crippen LogP contribution in [0.25, 0.3) is 0 Å². The summed E-state index contributed by atoms with van der Waals surface area (Å²) in [5, 5.41) is 3.33. The van der Waals surface area contributed by atoms with E-state index in [4.69, 9.17) is 16.3 Å². The SMILES string of the molecule is CSCC[C@H](NC(=O)c1ccc(Cl)cc1)C(=O)OCc1ccc(C(C)C)cc1. The number of carbonyl (C=O) groups excluding carboxylic acids is 2. The molecule has 6 heteroatoms. The van der Waals surface area contributed by atoms with Gasteiger partial charge in [-0.25, -0.2) is 4.79 Å². The van der Waals surface area contributed by atoms with Crippen LogP contribution in [0.5, 0.6) is 0 Å². The first kappa shape index (κ1) is 22.3. The molecule has 0 bridgehead atoms. The molecule has 0 aliphatic carbocycles. The lowest BCUT2D eigenvalue weighted by Gasteiger charge is -2.17. The van der Waals surface area contributed by atoms with Gasteiger partial charge in [0, 0.05) is 10.6 Å². The van der Waals surface area contributed by atoms with E-state index < -0.39 is 12.0 Å². The van der Waals surface area contributed by atoms with E-state index in [1.807, 2.05) is 30.5 Å². The summed E-state index contributed by atoms with van der Waals surface area (Å²) in [6, 6.07) is 13.9. The molecule has 0 spiro atoms. The Morgan fingerprint density at radius 2 is 1.71 bits per heavy atom. The number of ether oxygens (including phenoxy) is 1. The van der Waals surface area contributed by atoms with Crippen molar-refractivity contribution in [2.75, 3.05) is 12.0 Å². The summed E-state index contributed by atoms with van der Waals surface area (Å²) in [4.78, 5) is 25.0. The highest BCUT2D eigenvalue weighted by Gasteiger charge is 2.22. The van der Waals surface area contributed by atoms with Gasteiger partial charge in [0.15, 0.2) is 0 Å². The Balaban J connectivity index is 1.97. The zero-order chi connectivity index (χ0) is 20.5. The molecule has 150 valence electrons. The fraction of sp³-hybridized carbons (Fsp3) is 0.364. The first-order chi connectivity index (χ1) is 13.4. The minimum absolute atomic E-state index is 0.184. The second-order valence-electron chi connectivity index (χ2n) is 6.82. The normalized spacial score (nSPS) is 11.9. The molecule has 0 saturated carbocycles. The van der Waals surface area contributed by atoms with Crippen LogP contribution < -0.4 is 5.32 Å². The van der Waals surface area contributed by atoms with Crippen LogP contribution in [0.3, 0.4) is 0 Å². The van der Waals surface area contributed by atoms with E-state index in [1.54, 1.807) is 36.0 Å². The second kappa shape index (κ2) is 11.1. The summed E-state index contributed by atoms with van der Waals surface area (Å²) in [5.41, 5.74) is 2.61. The fourth-order valence-corrected chi connectivity index (χ4v) is 3.18. The van der Waals surface area contributed by atoms with Gasteiger partial charge in [-0.1, -0.05) is 49.7 Å². The molecule has 4 nitrogen and oxygen atoms in total. The third-order valence-electron chi connectivity index (χ3n) is 4.33. The molecule has 1 atom stereocenters. The van der Waals surface area contributed by atoms with Crippen LogP contribution in [-0.2, 0) is 16.1 Å². The highest BCUT2D eigenvalue weighted by Crippen LogP contribution is 2.16. The molecule has 2 aromatic rings. The van der Waals surface area contributed by atoms with Crippen LogP contribution in [0.2, 0.25) is 5.02 Å². The van der Waals surface area contributed by atoms with Crippen molar-refractivity contribution >= 4 is 35.2 Å². The van der Waals surface area contributed by atoms with Gasteiger partial charge in [0.25, 0.3) is 5.91 Å². The lowest BCUT2D eigenvalue weighted by molar-refractivity contribution is -0.147. The Morgan fingerprint density at radius 3 is 2.29 bits per heavy atom. The van der Waals surface area contributed by atoms with Gasteiger partial charge in [0.2, 0.25) is 0 Å². The van der Waals surface area contributed by atoms with E-state index in [1.165, 1.54) is 5.56 Å². The third-order valence-corrected chi connectivity index (χ3v) is 5.23. The molecule has 0 unspecified atom stereocenters. The Labute approximate surface area is 176 Å². The van der Waals surface area contributed by atoms with Gasteiger partial charge in [-0.2, -0.15) is 11.8 Å². The maximum atomic E-state index is 12.6. The van der Waals surface area contributed by atoms with Gasteiger partial charge < -0.3 is 10.1 Å². The van der Waals surface area contributed by atoms with Crippen molar-refractivity contribution in [1.29, 1.82) is 0 Å². The molecular weight excluding hydrogens is 394 g/mol. The number of hydrogen-bond donors (Lipinski definition) is 1. The maximum absolute atomic E-state index is 12.6. The van der Waals surface area contributed by atoms with Crippen LogP contribution in [0.15, 0.2) is 48.5 Å². The fourth-order valence-electron chi connectivity index (χ4n) is 2.58. The van der Waals surface area contributed by atoms with E-state index in [0.29, 0.717) is 22.9 Å². The summed E-state index contributed by atoms with van der Waals surface area (Å²) in [6.45, 7) is 4.45. The number of nitrogens with one attached hydrogen (secondary N) is 1. The quantitative estimate of drug-likeness (QED) is 0.577. The maximum Gasteiger partial charge on any atom is 0.329 e. The molecule has 0 saturated heterocycles. The van der Waals surface area contributed by atoms with E-state index in [2.05, 4.69) is 19.2 Å². The highest BCUT2D eigenvalue weighted by atomic mass is 35.5. The Kier molecular flexibility index (Phi) is 8.87. The Hall–Kier alpha value is -1.98. The molecule has 0 aliphatic rings. The lowest BCUT2D eigenvalue weighted by Crippen LogP contribution is -2.42. The predicted molar refractivity (Wildman–Crippen MR) is 116 cm³/mol. The first-order valence-electron chi connectivity index (χ1n) is 9.21. The summed E-state index contributed by atoms with van der Waals surface area (Å²) >= 11 is 7.47. The van der Waals surface area contributed by atoms with Crippen molar-refractivity contribution in [3.63, 3.8) is 0 Å². The number of esters is 1. The van der Waals surface area contributed by atoms with Crippen LogP contribution in [0, 0.1) is 0 Å². The van der Waals surface area contributed by atoms with Crippen molar-refractivity contribution in [1.82, 2.24) is 5.32 Å². The van der Waals surface area contributed by atoms with Gasteiger partial charge in [-0.05, 0) is 59.7 Å². The highest BCUT2D eigenvalue weighted by molar-refractivity contribution is 7.98.